The molecule has 0 fully saturated rings. The minimum Gasteiger partial charge on any atom is -0.472 e. The van der Waals surface area contributed by atoms with Crippen LogP contribution in [0.2, 0.25) is 0 Å². The molecule has 1 rings (SSSR count). The molecule has 54 valence electrons. The van der Waals surface area contributed by atoms with Crippen molar-refractivity contribution in [2.75, 3.05) is 0 Å². The lowest BCUT2D eigenvalue weighted by Crippen LogP contribution is -1.91. The van der Waals surface area contributed by atoms with E-state index in [1.807, 2.05) is 6.07 Å². The standard InChI is InChI=1S/C8H10O2/c1-7(9)2-3-8-4-5-10-6-8/h4-6H,2-3H2,1H3. The van der Waals surface area contributed by atoms with E-state index >= 15 is 0 Å². The Morgan fingerprint density at radius 3 is 3.00 bits per heavy atom. The Labute approximate surface area is 59.8 Å². The highest BCUT2D eigenvalue weighted by Gasteiger charge is 1.96. The van der Waals surface area contributed by atoms with Crippen molar-refractivity contribution in [1.82, 2.24) is 0 Å². The third-order valence-corrected chi connectivity index (χ3v) is 1.35. The van der Waals surface area contributed by atoms with Crippen molar-refractivity contribution in [2.24, 2.45) is 0 Å². The van der Waals surface area contributed by atoms with Crippen LogP contribution in [0.3, 0.4) is 0 Å². The van der Waals surface area contributed by atoms with Crippen LogP contribution in [-0.2, 0) is 11.2 Å². The highest BCUT2D eigenvalue weighted by molar-refractivity contribution is 5.75. The molecule has 2 nitrogen and oxygen atoms in total. The fourth-order valence-electron chi connectivity index (χ4n) is 0.755. The average Bonchev–Trinajstić information content (AvgIpc) is 2.34. The number of hydrogen-bond donors (Lipinski definition) is 0. The molecular formula is C8H10O2. The van der Waals surface area contributed by atoms with Gasteiger partial charge in [-0.15, -0.1) is 0 Å². The molecule has 0 spiro atoms. The predicted molar refractivity (Wildman–Crippen MR) is 37.7 cm³/mol. The molecule has 0 aliphatic carbocycles. The van der Waals surface area contributed by atoms with Crippen LogP contribution in [0.1, 0.15) is 18.9 Å². The number of Topliss-reactive ketones (excluding diaryl/α,β-unsaturated/α-hetero) is 1. The van der Waals surface area contributed by atoms with Gasteiger partial charge in [0.05, 0.1) is 12.5 Å². The maximum absolute atomic E-state index is 10.5. The van der Waals surface area contributed by atoms with Crippen LogP contribution < -0.4 is 0 Å². The maximum Gasteiger partial charge on any atom is 0.130 e. The predicted octanol–water partition coefficient (Wildman–Crippen LogP) is 1.80. The first-order valence-electron chi connectivity index (χ1n) is 3.29. The molecule has 1 aromatic heterocycles. The van der Waals surface area contributed by atoms with E-state index in [2.05, 4.69) is 0 Å². The summed E-state index contributed by atoms with van der Waals surface area (Å²) in [7, 11) is 0. The van der Waals surface area contributed by atoms with Crippen LogP contribution in [-0.4, -0.2) is 5.78 Å². The molecular weight excluding hydrogens is 128 g/mol. The molecule has 0 saturated heterocycles. The van der Waals surface area contributed by atoms with Crippen molar-refractivity contribution < 1.29 is 9.21 Å². The molecule has 0 N–H and O–H groups in total. The van der Waals surface area contributed by atoms with Gasteiger partial charge >= 0.3 is 0 Å². The summed E-state index contributed by atoms with van der Waals surface area (Å²) in [5.74, 6) is 0.223. The van der Waals surface area contributed by atoms with Crippen LogP contribution >= 0.6 is 0 Å². The fraction of sp³-hybridized carbons (Fsp3) is 0.375. The Balaban J connectivity index is 2.35. The smallest absolute Gasteiger partial charge is 0.130 e. The normalized spacial score (nSPS) is 9.70. The van der Waals surface area contributed by atoms with Crippen molar-refractivity contribution in [1.29, 1.82) is 0 Å². The van der Waals surface area contributed by atoms with E-state index in [0.29, 0.717) is 6.42 Å². The molecule has 0 unspecified atom stereocenters. The third kappa shape index (κ3) is 2.05. The zero-order valence-electron chi connectivity index (χ0n) is 5.96. The molecule has 0 bridgehead atoms. The molecule has 0 aliphatic rings. The van der Waals surface area contributed by atoms with Crippen molar-refractivity contribution >= 4 is 5.78 Å². The number of rotatable bonds is 3. The van der Waals surface area contributed by atoms with Gasteiger partial charge in [-0.25, -0.2) is 0 Å². The van der Waals surface area contributed by atoms with Crippen molar-refractivity contribution in [3.8, 4) is 0 Å². The summed E-state index contributed by atoms with van der Waals surface area (Å²) < 4.78 is 4.84. The van der Waals surface area contributed by atoms with E-state index in [9.17, 15) is 4.79 Å². The topological polar surface area (TPSA) is 30.2 Å². The summed E-state index contributed by atoms with van der Waals surface area (Å²) in [6.45, 7) is 1.60. The van der Waals surface area contributed by atoms with E-state index in [4.69, 9.17) is 4.42 Å². The van der Waals surface area contributed by atoms with Gasteiger partial charge in [0.25, 0.3) is 0 Å². The molecule has 2 heteroatoms. The van der Waals surface area contributed by atoms with Crippen molar-refractivity contribution in [2.45, 2.75) is 19.8 Å². The zero-order valence-corrected chi connectivity index (χ0v) is 5.96. The SMILES string of the molecule is CC(=O)CCc1ccoc1. The Morgan fingerprint density at radius 2 is 2.50 bits per heavy atom. The quantitative estimate of drug-likeness (QED) is 0.637. The van der Waals surface area contributed by atoms with E-state index < -0.39 is 0 Å². The number of aryl methyl sites for hydroxylation is 1. The van der Waals surface area contributed by atoms with Gasteiger partial charge in [-0.2, -0.15) is 0 Å². The lowest BCUT2D eigenvalue weighted by Gasteiger charge is -1.89. The Hall–Kier alpha value is -1.05. The van der Waals surface area contributed by atoms with E-state index in [0.717, 1.165) is 12.0 Å². The summed E-state index contributed by atoms with van der Waals surface area (Å²) in [6, 6.07) is 1.88. The summed E-state index contributed by atoms with van der Waals surface area (Å²) in [6.07, 6.45) is 4.70. The summed E-state index contributed by atoms with van der Waals surface area (Å²) in [5, 5.41) is 0. The van der Waals surface area contributed by atoms with Gasteiger partial charge < -0.3 is 9.21 Å². The minimum absolute atomic E-state index is 0.223. The number of furan rings is 1. The monoisotopic (exact) mass is 138 g/mol. The third-order valence-electron chi connectivity index (χ3n) is 1.35. The van der Waals surface area contributed by atoms with Crippen LogP contribution in [0.4, 0.5) is 0 Å². The summed E-state index contributed by atoms with van der Waals surface area (Å²) in [4.78, 5) is 10.5. The molecule has 0 aliphatic heterocycles. The first-order valence-corrected chi connectivity index (χ1v) is 3.29. The van der Waals surface area contributed by atoms with Gasteiger partial charge in [0.1, 0.15) is 5.78 Å². The van der Waals surface area contributed by atoms with Gasteiger partial charge in [-0.05, 0) is 25.0 Å². The molecule has 10 heavy (non-hydrogen) atoms. The highest BCUT2D eigenvalue weighted by atomic mass is 16.3. The second-order valence-electron chi connectivity index (χ2n) is 2.33. The van der Waals surface area contributed by atoms with Crippen molar-refractivity contribution in [3.63, 3.8) is 0 Å². The first-order chi connectivity index (χ1) is 4.79. The molecule has 0 aromatic carbocycles. The lowest BCUT2D eigenvalue weighted by molar-refractivity contribution is -0.116. The van der Waals surface area contributed by atoms with Crippen LogP contribution in [0.25, 0.3) is 0 Å². The minimum atomic E-state index is 0.223. The number of ketones is 1. The van der Waals surface area contributed by atoms with Crippen LogP contribution in [0, 0.1) is 0 Å². The average molecular weight is 138 g/mol. The second kappa shape index (κ2) is 3.20. The molecule has 0 saturated carbocycles. The Bertz CT molecular complexity index is 199. The summed E-state index contributed by atoms with van der Waals surface area (Å²) >= 11 is 0. The van der Waals surface area contributed by atoms with Crippen molar-refractivity contribution in [3.05, 3.63) is 24.2 Å². The molecule has 0 amide bonds. The fourth-order valence-corrected chi connectivity index (χ4v) is 0.755. The maximum atomic E-state index is 10.5. The highest BCUT2D eigenvalue weighted by Crippen LogP contribution is 2.03. The molecule has 1 aromatic rings. The molecule has 1 heterocycles. The summed E-state index contributed by atoms with van der Waals surface area (Å²) in [5.41, 5.74) is 1.09. The van der Waals surface area contributed by atoms with E-state index in [1.165, 1.54) is 0 Å². The van der Waals surface area contributed by atoms with Gasteiger partial charge in [-0.3, -0.25) is 0 Å². The van der Waals surface area contributed by atoms with Crippen LogP contribution in [0.5, 0.6) is 0 Å². The van der Waals surface area contributed by atoms with Gasteiger partial charge in [-0.1, -0.05) is 0 Å². The second-order valence-corrected chi connectivity index (χ2v) is 2.33. The first kappa shape index (κ1) is 7.06. The lowest BCUT2D eigenvalue weighted by atomic mass is 10.1. The zero-order chi connectivity index (χ0) is 7.40. The van der Waals surface area contributed by atoms with E-state index in [-0.39, 0.29) is 5.78 Å². The number of carbonyl (C=O) groups excluding carboxylic acids is 1. The Kier molecular flexibility index (Phi) is 2.26. The molecule has 0 radical (unpaired) electrons. The van der Waals surface area contributed by atoms with Gasteiger partial charge in [0, 0.05) is 6.42 Å². The molecule has 0 atom stereocenters. The van der Waals surface area contributed by atoms with Gasteiger partial charge in [0.2, 0.25) is 0 Å². The van der Waals surface area contributed by atoms with Gasteiger partial charge in [0.15, 0.2) is 0 Å². The largest absolute Gasteiger partial charge is 0.472 e. The Morgan fingerprint density at radius 1 is 1.70 bits per heavy atom. The number of carbonyl (C=O) groups is 1. The number of hydrogen-bond acceptors (Lipinski definition) is 2. The van der Waals surface area contributed by atoms with Crippen LogP contribution in [0.15, 0.2) is 23.0 Å². The van der Waals surface area contributed by atoms with E-state index in [1.54, 1.807) is 19.5 Å².